The van der Waals surface area contributed by atoms with Crippen LogP contribution in [0.2, 0.25) is 0 Å². The van der Waals surface area contributed by atoms with E-state index in [-0.39, 0.29) is 37.2 Å². The highest BCUT2D eigenvalue weighted by atomic mass is 16.5. The summed E-state index contributed by atoms with van der Waals surface area (Å²) in [4.78, 5) is 38.5. The first-order chi connectivity index (χ1) is 14.4. The van der Waals surface area contributed by atoms with E-state index in [0.717, 1.165) is 5.69 Å². The molecule has 0 aliphatic carbocycles. The third-order valence-electron chi connectivity index (χ3n) is 4.44. The zero-order chi connectivity index (χ0) is 22.1. The fourth-order valence-electron chi connectivity index (χ4n) is 2.97. The maximum atomic E-state index is 12.5. The van der Waals surface area contributed by atoms with E-state index in [1.165, 1.54) is 14.2 Å². The number of nitrogens with zero attached hydrogens (tertiary/aromatic N) is 1. The average molecular weight is 413 g/mol. The van der Waals surface area contributed by atoms with Crippen LogP contribution in [0.3, 0.4) is 0 Å². The summed E-state index contributed by atoms with van der Waals surface area (Å²) in [5, 5.41) is 0. The number of methoxy groups -OCH3 is 2. The third kappa shape index (κ3) is 6.07. The minimum Gasteiger partial charge on any atom is -0.493 e. The highest BCUT2D eigenvalue weighted by Crippen LogP contribution is 2.28. The van der Waals surface area contributed by atoms with Crippen LogP contribution >= 0.6 is 0 Å². The maximum absolute atomic E-state index is 12.5. The molecule has 2 aromatic carbocycles. The van der Waals surface area contributed by atoms with Crippen molar-refractivity contribution in [1.29, 1.82) is 0 Å². The molecule has 160 valence electrons. The normalized spacial score (nSPS) is 10.4. The van der Waals surface area contributed by atoms with Crippen molar-refractivity contribution in [3.63, 3.8) is 0 Å². The van der Waals surface area contributed by atoms with E-state index in [4.69, 9.17) is 14.2 Å². The van der Waals surface area contributed by atoms with Crippen LogP contribution in [-0.4, -0.2) is 44.5 Å². The predicted molar refractivity (Wildman–Crippen MR) is 113 cm³/mol. The van der Waals surface area contributed by atoms with Gasteiger partial charge in [-0.3, -0.25) is 14.4 Å². The Morgan fingerprint density at radius 1 is 0.900 bits per heavy atom. The first kappa shape index (κ1) is 22.9. The molecule has 7 heteroatoms. The van der Waals surface area contributed by atoms with Crippen LogP contribution in [0.1, 0.15) is 37.0 Å². The Morgan fingerprint density at radius 2 is 1.57 bits per heavy atom. The van der Waals surface area contributed by atoms with Crippen LogP contribution in [0.5, 0.6) is 11.5 Å². The fraction of sp³-hybridized carbons (Fsp3) is 0.348. The summed E-state index contributed by atoms with van der Waals surface area (Å²) in [7, 11) is 2.99. The summed E-state index contributed by atoms with van der Waals surface area (Å²) >= 11 is 0. The van der Waals surface area contributed by atoms with Crippen molar-refractivity contribution in [3.05, 3.63) is 54.1 Å². The second-order valence-corrected chi connectivity index (χ2v) is 6.85. The lowest BCUT2D eigenvalue weighted by Crippen LogP contribution is -2.39. The summed E-state index contributed by atoms with van der Waals surface area (Å²) in [5.74, 6) is -0.205. The second-order valence-electron chi connectivity index (χ2n) is 6.85. The van der Waals surface area contributed by atoms with E-state index in [2.05, 4.69) is 0 Å². The molecule has 1 amide bonds. The Balaban J connectivity index is 1.88. The molecule has 7 nitrogen and oxygen atoms in total. The predicted octanol–water partition coefficient (Wildman–Crippen LogP) is 3.65. The van der Waals surface area contributed by atoms with Crippen molar-refractivity contribution in [1.82, 2.24) is 0 Å². The van der Waals surface area contributed by atoms with Crippen molar-refractivity contribution >= 4 is 23.3 Å². The summed E-state index contributed by atoms with van der Waals surface area (Å²) < 4.78 is 15.4. The van der Waals surface area contributed by atoms with Gasteiger partial charge in [-0.2, -0.15) is 0 Å². The molecular formula is C23H27NO6. The number of hydrogen-bond donors (Lipinski definition) is 0. The first-order valence-corrected chi connectivity index (χ1v) is 9.65. The molecule has 0 bridgehead atoms. The largest absolute Gasteiger partial charge is 0.493 e. The number of hydrogen-bond acceptors (Lipinski definition) is 6. The van der Waals surface area contributed by atoms with Crippen molar-refractivity contribution in [2.45, 2.75) is 32.7 Å². The van der Waals surface area contributed by atoms with E-state index < -0.39 is 5.97 Å². The van der Waals surface area contributed by atoms with Crippen LogP contribution in [0.4, 0.5) is 5.69 Å². The smallest absolute Gasteiger partial charge is 0.306 e. The highest BCUT2D eigenvalue weighted by molar-refractivity contribution is 5.98. The van der Waals surface area contributed by atoms with Gasteiger partial charge in [0.2, 0.25) is 0 Å². The number of para-hydroxylation sites is 1. The van der Waals surface area contributed by atoms with E-state index >= 15 is 0 Å². The molecule has 2 aromatic rings. The second kappa shape index (κ2) is 11.0. The Labute approximate surface area is 176 Å². The standard InChI is InChI=1S/C23H27NO6/c1-16(2)24(18-8-6-5-7-9-18)22(26)15-30-23(27)13-11-19(25)17-10-12-20(28-3)21(14-17)29-4/h5-10,12,14,16H,11,13,15H2,1-4H3. The number of Topliss-reactive ketones (excluding diaryl/α,β-unsaturated/α-hetero) is 1. The van der Waals surface area contributed by atoms with Crippen molar-refractivity contribution in [2.75, 3.05) is 25.7 Å². The number of ketones is 1. The molecule has 0 aliphatic heterocycles. The van der Waals surface area contributed by atoms with Crippen molar-refractivity contribution in [3.8, 4) is 11.5 Å². The van der Waals surface area contributed by atoms with Gasteiger partial charge < -0.3 is 19.1 Å². The topological polar surface area (TPSA) is 82.1 Å². The molecular weight excluding hydrogens is 386 g/mol. The number of benzene rings is 2. The van der Waals surface area contributed by atoms with Gasteiger partial charge in [0.25, 0.3) is 5.91 Å². The van der Waals surface area contributed by atoms with Crippen LogP contribution < -0.4 is 14.4 Å². The summed E-state index contributed by atoms with van der Waals surface area (Å²) in [6.45, 7) is 3.39. The Kier molecular flexibility index (Phi) is 8.41. The molecule has 0 heterocycles. The number of anilines is 1. The van der Waals surface area contributed by atoms with Crippen molar-refractivity contribution < 1.29 is 28.6 Å². The third-order valence-corrected chi connectivity index (χ3v) is 4.44. The van der Waals surface area contributed by atoms with Crippen LogP contribution in [0.15, 0.2) is 48.5 Å². The molecule has 0 fully saturated rings. The molecule has 30 heavy (non-hydrogen) atoms. The number of carbonyl (C=O) groups excluding carboxylic acids is 3. The van der Waals surface area contributed by atoms with Gasteiger partial charge in [0.15, 0.2) is 23.9 Å². The highest BCUT2D eigenvalue weighted by Gasteiger charge is 2.21. The zero-order valence-electron chi connectivity index (χ0n) is 17.7. The Bertz CT molecular complexity index is 879. The van der Waals surface area contributed by atoms with Crippen molar-refractivity contribution in [2.24, 2.45) is 0 Å². The number of carbonyl (C=O) groups is 3. The van der Waals surface area contributed by atoms with Gasteiger partial charge in [0, 0.05) is 23.7 Å². The van der Waals surface area contributed by atoms with E-state index in [1.54, 1.807) is 23.1 Å². The maximum Gasteiger partial charge on any atom is 0.306 e. The van der Waals surface area contributed by atoms with E-state index in [9.17, 15) is 14.4 Å². The fourth-order valence-corrected chi connectivity index (χ4v) is 2.97. The summed E-state index contributed by atoms with van der Waals surface area (Å²) in [6, 6.07) is 13.9. The van der Waals surface area contributed by atoms with Crippen LogP contribution in [-0.2, 0) is 14.3 Å². The van der Waals surface area contributed by atoms with Crippen LogP contribution in [0.25, 0.3) is 0 Å². The van der Waals surface area contributed by atoms with Gasteiger partial charge in [-0.05, 0) is 44.2 Å². The minimum atomic E-state index is -0.603. The van der Waals surface area contributed by atoms with Gasteiger partial charge in [-0.1, -0.05) is 18.2 Å². The van der Waals surface area contributed by atoms with E-state index in [1.807, 2.05) is 44.2 Å². The lowest BCUT2D eigenvalue weighted by molar-refractivity contribution is -0.147. The number of rotatable bonds is 10. The van der Waals surface area contributed by atoms with Gasteiger partial charge in [0.05, 0.1) is 20.6 Å². The van der Waals surface area contributed by atoms with Gasteiger partial charge in [0.1, 0.15) is 0 Å². The molecule has 0 aromatic heterocycles. The van der Waals surface area contributed by atoms with Crippen LogP contribution in [0, 0.1) is 0 Å². The van der Waals surface area contributed by atoms with Gasteiger partial charge in [-0.25, -0.2) is 0 Å². The number of ether oxygens (including phenoxy) is 3. The quantitative estimate of drug-likeness (QED) is 0.437. The molecule has 0 saturated heterocycles. The first-order valence-electron chi connectivity index (χ1n) is 9.65. The summed E-state index contributed by atoms with van der Waals surface area (Å²) in [6.07, 6.45) is -0.150. The van der Waals surface area contributed by atoms with E-state index in [0.29, 0.717) is 17.1 Å². The molecule has 0 aliphatic rings. The lowest BCUT2D eigenvalue weighted by Gasteiger charge is -2.26. The molecule has 0 N–H and O–H groups in total. The number of esters is 1. The zero-order valence-corrected chi connectivity index (χ0v) is 17.7. The number of amides is 1. The Hall–Kier alpha value is -3.35. The molecule has 0 radical (unpaired) electrons. The SMILES string of the molecule is COc1ccc(C(=O)CCC(=O)OCC(=O)N(c2ccccc2)C(C)C)cc1OC. The lowest BCUT2D eigenvalue weighted by atomic mass is 10.1. The summed E-state index contributed by atoms with van der Waals surface area (Å²) in [5.41, 5.74) is 1.14. The monoisotopic (exact) mass is 413 g/mol. The average Bonchev–Trinajstić information content (AvgIpc) is 2.76. The minimum absolute atomic E-state index is 0.0327. The molecule has 0 atom stereocenters. The van der Waals surface area contributed by atoms with Gasteiger partial charge >= 0.3 is 5.97 Å². The molecule has 0 spiro atoms. The molecule has 0 unspecified atom stereocenters. The van der Waals surface area contributed by atoms with Gasteiger partial charge in [-0.15, -0.1) is 0 Å². The molecule has 0 saturated carbocycles. The Morgan fingerprint density at radius 3 is 2.17 bits per heavy atom. The molecule has 2 rings (SSSR count).